The van der Waals surface area contributed by atoms with Gasteiger partial charge in [0.1, 0.15) is 24.0 Å². The van der Waals surface area contributed by atoms with Gasteiger partial charge < -0.3 is 20.1 Å². The molecular formula is C14H20N4O2. The number of ether oxygens (including phenoxy) is 1. The molecule has 2 aromatic rings. The molecule has 0 bridgehead atoms. The summed E-state index contributed by atoms with van der Waals surface area (Å²) in [5, 5.41) is 11.2. The van der Waals surface area contributed by atoms with Crippen LogP contribution in [0, 0.1) is 5.41 Å². The van der Waals surface area contributed by atoms with Gasteiger partial charge in [-0.1, -0.05) is 20.8 Å². The predicted molar refractivity (Wildman–Crippen MR) is 75.9 cm³/mol. The van der Waals surface area contributed by atoms with Crippen molar-refractivity contribution in [3.05, 3.63) is 18.6 Å². The highest BCUT2D eigenvalue weighted by atomic mass is 16.5. The minimum absolute atomic E-state index is 0.161. The van der Waals surface area contributed by atoms with Crippen molar-refractivity contribution >= 4 is 16.9 Å². The number of aliphatic hydroxyl groups excluding tert-OH is 1. The van der Waals surface area contributed by atoms with Crippen LogP contribution in [-0.4, -0.2) is 31.8 Å². The number of fused-ring (bicyclic) bond motifs is 1. The van der Waals surface area contributed by atoms with Crippen LogP contribution in [0.1, 0.15) is 33.4 Å². The van der Waals surface area contributed by atoms with Gasteiger partial charge >= 0.3 is 0 Å². The molecule has 3 atom stereocenters. The minimum atomic E-state index is -0.505. The van der Waals surface area contributed by atoms with Crippen molar-refractivity contribution in [1.29, 1.82) is 0 Å². The second kappa shape index (κ2) is 4.43. The van der Waals surface area contributed by atoms with Crippen molar-refractivity contribution < 1.29 is 9.84 Å². The molecule has 3 heterocycles. The number of hydrogen-bond acceptors (Lipinski definition) is 5. The molecule has 2 aromatic heterocycles. The van der Waals surface area contributed by atoms with Gasteiger partial charge in [-0.2, -0.15) is 0 Å². The summed E-state index contributed by atoms with van der Waals surface area (Å²) in [5.41, 5.74) is 6.20. The zero-order valence-corrected chi connectivity index (χ0v) is 11.9. The molecule has 3 rings (SSSR count). The van der Waals surface area contributed by atoms with Crippen molar-refractivity contribution in [2.45, 2.75) is 45.6 Å². The third-order valence-electron chi connectivity index (χ3n) is 4.25. The molecule has 0 radical (unpaired) electrons. The van der Waals surface area contributed by atoms with Gasteiger partial charge in [0.05, 0.1) is 17.6 Å². The number of hydrogen-bond donors (Lipinski definition) is 2. The monoisotopic (exact) mass is 276 g/mol. The highest BCUT2D eigenvalue weighted by Crippen LogP contribution is 2.46. The van der Waals surface area contributed by atoms with Gasteiger partial charge in [0.25, 0.3) is 0 Å². The number of aliphatic hydroxyl groups is 1. The molecule has 0 saturated carbocycles. The van der Waals surface area contributed by atoms with Gasteiger partial charge in [0.2, 0.25) is 0 Å². The standard InChI is InChI=1S/C14H20N4O2/c1-4-9-10(19)14(2,3)13(20-9)18-6-5-8-11(15)16-7-17-12(8)18/h5-7,9-10,13,19H,4H2,1-3H3,(H2,15,16,17)/t9-,10-,13-/m1/s1. The first-order valence-electron chi connectivity index (χ1n) is 6.87. The Kier molecular flexibility index (Phi) is 2.95. The second-order valence-corrected chi connectivity index (χ2v) is 5.92. The number of aromatic nitrogens is 3. The summed E-state index contributed by atoms with van der Waals surface area (Å²) < 4.78 is 7.98. The van der Waals surface area contributed by atoms with E-state index in [0.29, 0.717) is 5.82 Å². The summed E-state index contributed by atoms with van der Waals surface area (Å²) in [7, 11) is 0. The highest BCUT2D eigenvalue weighted by Gasteiger charge is 2.50. The number of nitrogens with zero attached hydrogens (tertiary/aromatic N) is 3. The zero-order chi connectivity index (χ0) is 14.5. The van der Waals surface area contributed by atoms with E-state index in [4.69, 9.17) is 10.5 Å². The van der Waals surface area contributed by atoms with Crippen molar-refractivity contribution in [3.63, 3.8) is 0 Å². The molecule has 20 heavy (non-hydrogen) atoms. The van der Waals surface area contributed by atoms with E-state index in [1.807, 2.05) is 37.6 Å². The summed E-state index contributed by atoms with van der Waals surface area (Å²) in [6, 6.07) is 1.88. The average Bonchev–Trinajstić information content (AvgIpc) is 2.92. The van der Waals surface area contributed by atoms with E-state index in [-0.39, 0.29) is 12.3 Å². The zero-order valence-electron chi connectivity index (χ0n) is 11.9. The first-order valence-corrected chi connectivity index (χ1v) is 6.87. The van der Waals surface area contributed by atoms with Crippen molar-refractivity contribution in [2.75, 3.05) is 5.73 Å². The maximum atomic E-state index is 10.4. The number of nitrogens with two attached hydrogens (primary N) is 1. The molecule has 0 unspecified atom stereocenters. The molecule has 6 heteroatoms. The van der Waals surface area contributed by atoms with Gasteiger partial charge in [0.15, 0.2) is 0 Å². The molecular weight excluding hydrogens is 256 g/mol. The number of rotatable bonds is 2. The summed E-state index contributed by atoms with van der Waals surface area (Å²) >= 11 is 0. The maximum Gasteiger partial charge on any atom is 0.147 e. The van der Waals surface area contributed by atoms with E-state index in [9.17, 15) is 5.11 Å². The van der Waals surface area contributed by atoms with Crippen LogP contribution in [0.2, 0.25) is 0 Å². The molecule has 1 fully saturated rings. The van der Waals surface area contributed by atoms with E-state index in [0.717, 1.165) is 17.5 Å². The summed E-state index contributed by atoms with van der Waals surface area (Å²) in [4.78, 5) is 8.29. The fourth-order valence-corrected chi connectivity index (χ4v) is 2.96. The van der Waals surface area contributed by atoms with Crippen LogP contribution in [0.25, 0.3) is 11.0 Å². The summed E-state index contributed by atoms with van der Waals surface area (Å²) in [6.07, 6.45) is 3.18. The molecule has 108 valence electrons. The Morgan fingerprint density at radius 2 is 2.20 bits per heavy atom. The lowest BCUT2D eigenvalue weighted by molar-refractivity contribution is -0.0301. The maximum absolute atomic E-state index is 10.4. The van der Waals surface area contributed by atoms with Crippen LogP contribution in [0.4, 0.5) is 5.82 Å². The van der Waals surface area contributed by atoms with Gasteiger partial charge in [-0.3, -0.25) is 0 Å². The Hall–Kier alpha value is -1.66. The molecule has 0 aliphatic carbocycles. The van der Waals surface area contributed by atoms with Crippen molar-refractivity contribution in [1.82, 2.24) is 14.5 Å². The first-order chi connectivity index (χ1) is 9.46. The molecule has 1 saturated heterocycles. The third-order valence-corrected chi connectivity index (χ3v) is 4.25. The predicted octanol–water partition coefficient (Wildman–Crippen LogP) is 1.71. The lowest BCUT2D eigenvalue weighted by Crippen LogP contribution is -2.34. The van der Waals surface area contributed by atoms with Gasteiger partial charge in [-0.25, -0.2) is 9.97 Å². The van der Waals surface area contributed by atoms with Gasteiger partial charge in [-0.05, 0) is 12.5 Å². The lowest BCUT2D eigenvalue weighted by Gasteiger charge is -2.29. The normalized spacial score (nSPS) is 29.1. The minimum Gasteiger partial charge on any atom is -0.390 e. The molecule has 0 amide bonds. The summed E-state index contributed by atoms with van der Waals surface area (Å²) in [6.45, 7) is 6.03. The third kappa shape index (κ3) is 1.72. The van der Waals surface area contributed by atoms with Gasteiger partial charge in [0, 0.05) is 11.6 Å². The lowest BCUT2D eigenvalue weighted by atomic mass is 9.84. The first kappa shape index (κ1) is 13.3. The average molecular weight is 276 g/mol. The van der Waals surface area contributed by atoms with E-state index in [1.165, 1.54) is 6.33 Å². The highest BCUT2D eigenvalue weighted by molar-refractivity contribution is 5.86. The Labute approximate surface area is 117 Å². The Balaban J connectivity index is 2.10. The second-order valence-electron chi connectivity index (χ2n) is 5.92. The Morgan fingerprint density at radius 3 is 2.85 bits per heavy atom. The molecule has 1 aliphatic rings. The largest absolute Gasteiger partial charge is 0.390 e. The van der Waals surface area contributed by atoms with Crippen LogP contribution in [0.15, 0.2) is 18.6 Å². The van der Waals surface area contributed by atoms with Crippen LogP contribution < -0.4 is 5.73 Å². The van der Waals surface area contributed by atoms with Crippen LogP contribution in [-0.2, 0) is 4.74 Å². The van der Waals surface area contributed by atoms with Crippen molar-refractivity contribution in [3.8, 4) is 0 Å². The van der Waals surface area contributed by atoms with E-state index in [2.05, 4.69) is 9.97 Å². The van der Waals surface area contributed by atoms with Crippen LogP contribution in [0.5, 0.6) is 0 Å². The quantitative estimate of drug-likeness (QED) is 0.872. The van der Waals surface area contributed by atoms with E-state index >= 15 is 0 Å². The fraction of sp³-hybridized carbons (Fsp3) is 0.571. The molecule has 1 aliphatic heterocycles. The summed E-state index contributed by atoms with van der Waals surface area (Å²) in [5.74, 6) is 0.456. The number of nitrogen functional groups attached to an aromatic ring is 1. The van der Waals surface area contributed by atoms with Gasteiger partial charge in [-0.15, -0.1) is 0 Å². The fourth-order valence-electron chi connectivity index (χ4n) is 2.96. The van der Waals surface area contributed by atoms with E-state index < -0.39 is 11.5 Å². The van der Waals surface area contributed by atoms with Crippen LogP contribution >= 0.6 is 0 Å². The smallest absolute Gasteiger partial charge is 0.147 e. The van der Waals surface area contributed by atoms with Crippen molar-refractivity contribution in [2.24, 2.45) is 5.41 Å². The molecule has 0 aromatic carbocycles. The Morgan fingerprint density at radius 1 is 1.45 bits per heavy atom. The SMILES string of the molecule is CC[C@H]1O[C@@H](n2ccc3c(N)ncnc32)C(C)(C)[C@@H]1O. The van der Waals surface area contributed by atoms with Crippen LogP contribution in [0.3, 0.4) is 0 Å². The number of anilines is 1. The molecule has 3 N–H and O–H groups in total. The molecule has 6 nitrogen and oxygen atoms in total. The Bertz CT molecular complexity index is 637. The molecule has 0 spiro atoms. The van der Waals surface area contributed by atoms with E-state index in [1.54, 1.807) is 0 Å². The topological polar surface area (TPSA) is 86.2 Å².